The zero-order valence-electron chi connectivity index (χ0n) is 16.2. The molecule has 1 aromatic heterocycles. The number of aromatic nitrogens is 1. The van der Waals surface area contributed by atoms with Crippen molar-refractivity contribution in [2.24, 2.45) is 0 Å². The number of aryl methyl sites for hydroxylation is 1. The molecule has 2 amide bonds. The van der Waals surface area contributed by atoms with Gasteiger partial charge in [0.25, 0.3) is 0 Å². The molecule has 1 aliphatic carbocycles. The minimum absolute atomic E-state index is 0.00353. The van der Waals surface area contributed by atoms with E-state index in [-0.39, 0.29) is 17.9 Å². The summed E-state index contributed by atoms with van der Waals surface area (Å²) in [6, 6.07) is 4.00. The lowest BCUT2D eigenvalue weighted by atomic mass is 9.84. The Balaban J connectivity index is 1.78. The summed E-state index contributed by atoms with van der Waals surface area (Å²) in [7, 11) is 1.79. The molecule has 0 saturated carbocycles. The van der Waals surface area contributed by atoms with E-state index < -0.39 is 0 Å². The van der Waals surface area contributed by atoms with Gasteiger partial charge >= 0.3 is 0 Å². The van der Waals surface area contributed by atoms with E-state index in [0.717, 1.165) is 53.6 Å². The number of anilines is 1. The highest BCUT2D eigenvalue weighted by Crippen LogP contribution is 2.41. The molecular formula is C22H24ClN3O2. The molecule has 2 heterocycles. The molecule has 28 heavy (non-hydrogen) atoms. The average Bonchev–Trinajstić information content (AvgIpc) is 2.71. The molecule has 0 fully saturated rings. The van der Waals surface area contributed by atoms with Crippen molar-refractivity contribution >= 4 is 29.1 Å². The molecule has 0 saturated heterocycles. The average molecular weight is 398 g/mol. The lowest BCUT2D eigenvalue weighted by Gasteiger charge is -2.29. The Hall–Kier alpha value is -2.40. The Morgan fingerprint density at radius 3 is 2.86 bits per heavy atom. The zero-order valence-corrected chi connectivity index (χ0v) is 17.0. The van der Waals surface area contributed by atoms with E-state index in [1.807, 2.05) is 25.4 Å². The van der Waals surface area contributed by atoms with Gasteiger partial charge in [-0.2, -0.15) is 0 Å². The fourth-order valence-electron chi connectivity index (χ4n) is 4.27. The molecule has 2 aliphatic rings. The van der Waals surface area contributed by atoms with Crippen molar-refractivity contribution in [1.29, 1.82) is 0 Å². The molecule has 0 radical (unpaired) electrons. The van der Waals surface area contributed by atoms with Crippen LogP contribution in [0.25, 0.3) is 11.1 Å². The Bertz CT molecular complexity index is 957. The van der Waals surface area contributed by atoms with Gasteiger partial charge < -0.3 is 10.2 Å². The van der Waals surface area contributed by atoms with Gasteiger partial charge in [0.2, 0.25) is 11.8 Å². The fourth-order valence-corrected chi connectivity index (χ4v) is 4.53. The quantitative estimate of drug-likeness (QED) is 0.843. The maximum atomic E-state index is 12.0. The Morgan fingerprint density at radius 2 is 2.07 bits per heavy atom. The van der Waals surface area contributed by atoms with Crippen LogP contribution in [0.4, 0.5) is 5.69 Å². The third-order valence-corrected chi connectivity index (χ3v) is 6.16. The van der Waals surface area contributed by atoms with E-state index in [2.05, 4.69) is 16.4 Å². The number of nitrogens with zero attached hydrogens (tertiary/aromatic N) is 2. The fraction of sp³-hybridized carbons (Fsp3) is 0.409. The molecule has 146 valence electrons. The third-order valence-electron chi connectivity index (χ3n) is 5.84. The lowest BCUT2D eigenvalue weighted by Crippen LogP contribution is -2.31. The summed E-state index contributed by atoms with van der Waals surface area (Å²) < 4.78 is 0. The van der Waals surface area contributed by atoms with Crippen molar-refractivity contribution in [2.75, 3.05) is 11.9 Å². The van der Waals surface area contributed by atoms with Crippen LogP contribution >= 0.6 is 11.6 Å². The van der Waals surface area contributed by atoms with E-state index in [1.165, 1.54) is 5.56 Å². The SMILES string of the molecule is CCC(=O)N[C@@H]1CCCc2c(-c3cc4c(cc3Cl)N(C)C(=O)CC4)cncc21. The van der Waals surface area contributed by atoms with Crippen LogP contribution in [0.3, 0.4) is 0 Å². The van der Waals surface area contributed by atoms with Crippen molar-refractivity contribution in [3.63, 3.8) is 0 Å². The molecule has 1 aliphatic heterocycles. The molecular weight excluding hydrogens is 374 g/mol. The van der Waals surface area contributed by atoms with Crippen LogP contribution in [0.5, 0.6) is 0 Å². The monoisotopic (exact) mass is 397 g/mol. The second-order valence-electron chi connectivity index (χ2n) is 7.53. The smallest absolute Gasteiger partial charge is 0.227 e. The standard InChI is InChI=1S/C22H24ClN3O2/c1-3-21(27)25-19-6-4-5-14-16(11-24-12-17(14)19)15-9-13-7-8-22(28)26(2)20(13)10-18(15)23/h9-12,19H,3-8H2,1-2H3,(H,25,27)/t19-/m1/s1. The van der Waals surface area contributed by atoms with Crippen LogP contribution in [0, 0.1) is 0 Å². The second kappa shape index (κ2) is 7.55. The molecule has 1 aromatic carbocycles. The van der Waals surface area contributed by atoms with Crippen LogP contribution in [0.2, 0.25) is 5.02 Å². The Kier molecular flexibility index (Phi) is 5.11. The molecule has 0 bridgehead atoms. The van der Waals surface area contributed by atoms with Gasteiger partial charge in [-0.15, -0.1) is 0 Å². The number of fused-ring (bicyclic) bond motifs is 2. The summed E-state index contributed by atoms with van der Waals surface area (Å²) >= 11 is 6.66. The molecule has 1 atom stereocenters. The van der Waals surface area contributed by atoms with Gasteiger partial charge in [-0.3, -0.25) is 14.6 Å². The Morgan fingerprint density at radius 1 is 1.25 bits per heavy atom. The summed E-state index contributed by atoms with van der Waals surface area (Å²) in [6.45, 7) is 1.86. The van der Waals surface area contributed by atoms with Gasteiger partial charge in [0, 0.05) is 49.1 Å². The first-order valence-corrected chi connectivity index (χ1v) is 10.2. The number of hydrogen-bond acceptors (Lipinski definition) is 3. The number of carbonyl (C=O) groups is 2. The predicted molar refractivity (Wildman–Crippen MR) is 111 cm³/mol. The highest BCUT2D eigenvalue weighted by molar-refractivity contribution is 6.34. The third kappa shape index (κ3) is 3.28. The number of rotatable bonds is 3. The summed E-state index contributed by atoms with van der Waals surface area (Å²) in [4.78, 5) is 30.1. The number of benzene rings is 1. The topological polar surface area (TPSA) is 62.3 Å². The van der Waals surface area contributed by atoms with E-state index in [4.69, 9.17) is 11.6 Å². The summed E-state index contributed by atoms with van der Waals surface area (Å²) in [5.41, 5.74) is 6.30. The van der Waals surface area contributed by atoms with Gasteiger partial charge in [-0.1, -0.05) is 18.5 Å². The first-order valence-electron chi connectivity index (χ1n) is 9.85. The summed E-state index contributed by atoms with van der Waals surface area (Å²) in [6.07, 6.45) is 8.33. The number of nitrogens with one attached hydrogen (secondary N) is 1. The first-order chi connectivity index (χ1) is 13.5. The minimum Gasteiger partial charge on any atom is -0.349 e. The van der Waals surface area contributed by atoms with Crippen molar-refractivity contribution in [1.82, 2.24) is 10.3 Å². The van der Waals surface area contributed by atoms with Crippen LogP contribution in [0.15, 0.2) is 24.5 Å². The number of amides is 2. The number of halogens is 1. The van der Waals surface area contributed by atoms with E-state index in [1.54, 1.807) is 11.9 Å². The maximum absolute atomic E-state index is 12.0. The van der Waals surface area contributed by atoms with Gasteiger partial charge in [0.05, 0.1) is 11.1 Å². The van der Waals surface area contributed by atoms with Gasteiger partial charge in [-0.25, -0.2) is 0 Å². The molecule has 6 heteroatoms. The van der Waals surface area contributed by atoms with Gasteiger partial charge in [0.15, 0.2) is 0 Å². The normalized spacial score (nSPS) is 18.5. The van der Waals surface area contributed by atoms with Crippen LogP contribution in [-0.2, 0) is 22.4 Å². The summed E-state index contributed by atoms with van der Waals surface area (Å²) in [5, 5.41) is 3.74. The predicted octanol–water partition coefficient (Wildman–Crippen LogP) is 4.21. The minimum atomic E-state index is 0.00353. The van der Waals surface area contributed by atoms with Crippen LogP contribution in [-0.4, -0.2) is 23.8 Å². The highest BCUT2D eigenvalue weighted by Gasteiger charge is 2.27. The molecule has 0 spiro atoms. The van der Waals surface area contributed by atoms with E-state index in [0.29, 0.717) is 17.9 Å². The second-order valence-corrected chi connectivity index (χ2v) is 7.94. The first kappa shape index (κ1) is 18.9. The largest absolute Gasteiger partial charge is 0.349 e. The molecule has 0 unspecified atom stereocenters. The number of carbonyl (C=O) groups excluding carboxylic acids is 2. The summed E-state index contributed by atoms with van der Waals surface area (Å²) in [5.74, 6) is 0.173. The highest BCUT2D eigenvalue weighted by atomic mass is 35.5. The number of pyridine rings is 1. The Labute approximate surface area is 170 Å². The van der Waals surface area contributed by atoms with Crippen molar-refractivity contribution in [3.8, 4) is 11.1 Å². The van der Waals surface area contributed by atoms with Crippen LogP contribution in [0.1, 0.15) is 55.3 Å². The number of hydrogen-bond donors (Lipinski definition) is 1. The molecule has 1 N–H and O–H groups in total. The molecule has 5 nitrogen and oxygen atoms in total. The van der Waals surface area contributed by atoms with Crippen molar-refractivity contribution in [3.05, 3.63) is 46.2 Å². The molecule has 2 aromatic rings. The van der Waals surface area contributed by atoms with Crippen LogP contribution < -0.4 is 10.2 Å². The zero-order chi connectivity index (χ0) is 19.8. The van der Waals surface area contributed by atoms with Gasteiger partial charge in [0.1, 0.15) is 0 Å². The van der Waals surface area contributed by atoms with Gasteiger partial charge in [-0.05, 0) is 54.5 Å². The van der Waals surface area contributed by atoms with E-state index in [9.17, 15) is 9.59 Å². The van der Waals surface area contributed by atoms with Crippen molar-refractivity contribution < 1.29 is 9.59 Å². The van der Waals surface area contributed by atoms with E-state index >= 15 is 0 Å². The lowest BCUT2D eigenvalue weighted by molar-refractivity contribution is -0.121. The maximum Gasteiger partial charge on any atom is 0.227 e. The molecule has 4 rings (SSSR count). The van der Waals surface area contributed by atoms with Crippen molar-refractivity contribution in [2.45, 2.75) is 51.5 Å².